The summed E-state index contributed by atoms with van der Waals surface area (Å²) in [5.74, 6) is 0. The molecule has 0 nitrogen and oxygen atoms in total. The number of thioether (sulfide) groups is 1. The van der Waals surface area contributed by atoms with Gasteiger partial charge in [-0.15, -0.1) is 0 Å². The van der Waals surface area contributed by atoms with Gasteiger partial charge in [0.15, 0.2) is 0 Å². The Hall–Kier alpha value is -1.00. The third kappa shape index (κ3) is 4.79. The number of hydrogen-bond donors (Lipinski definition) is 0. The lowest BCUT2D eigenvalue weighted by molar-refractivity contribution is 0.685. The summed E-state index contributed by atoms with van der Waals surface area (Å²) in [6, 6.07) is 11.5. The van der Waals surface area contributed by atoms with Crippen LogP contribution in [0.5, 0.6) is 0 Å². The van der Waals surface area contributed by atoms with Gasteiger partial charge in [0, 0.05) is 8.48 Å². The largest absolute Gasteiger partial charge is 0.0984 e. The van der Waals surface area contributed by atoms with E-state index in [1.165, 1.54) is 62.6 Å². The van der Waals surface area contributed by atoms with Crippen molar-refractivity contribution in [2.45, 2.75) is 46.0 Å². The summed E-state index contributed by atoms with van der Waals surface area (Å²) in [6.07, 6.45) is 8.36. The molecule has 1 aliphatic carbocycles. The molecule has 0 atom stereocenters. The van der Waals surface area contributed by atoms with Crippen LogP contribution in [0, 0.1) is 17.4 Å². The molecule has 0 aliphatic heterocycles. The Morgan fingerprint density at radius 3 is 2.64 bits per heavy atom. The van der Waals surface area contributed by atoms with Gasteiger partial charge in [-0.05, 0) is 113 Å². The molecular formula is C23H25IS. The minimum absolute atomic E-state index is 0.980. The van der Waals surface area contributed by atoms with Crippen molar-refractivity contribution in [2.24, 2.45) is 0 Å². The number of aryl methyl sites for hydroxylation is 4. The zero-order valence-electron chi connectivity index (χ0n) is 15.1. The Kier molecular flexibility index (Phi) is 6.45. The van der Waals surface area contributed by atoms with E-state index in [0.717, 1.165) is 11.3 Å². The highest BCUT2D eigenvalue weighted by Gasteiger charge is 2.10. The van der Waals surface area contributed by atoms with E-state index in [9.17, 15) is 0 Å². The van der Waals surface area contributed by atoms with Gasteiger partial charge in [-0.3, -0.25) is 0 Å². The second kappa shape index (κ2) is 8.59. The van der Waals surface area contributed by atoms with Crippen LogP contribution in [0.2, 0.25) is 0 Å². The summed E-state index contributed by atoms with van der Waals surface area (Å²) in [5.41, 5.74) is 8.48. The maximum Gasteiger partial charge on any atom is 0.0162 e. The first kappa shape index (κ1) is 18.8. The standard InChI is InChI=1S/C23H25IS/c1-16-14-23(24)17(2)13-20(16)9-6-12-25-18(3)21-11-10-19-7-4-5-8-22(19)15-21/h6,10-15H,3-5,7-9H2,1-2H3/b12-6+. The van der Waals surface area contributed by atoms with Crippen LogP contribution in [0.25, 0.3) is 4.91 Å². The first-order valence-electron chi connectivity index (χ1n) is 8.93. The monoisotopic (exact) mass is 460 g/mol. The lowest BCUT2D eigenvalue weighted by atomic mass is 9.90. The molecule has 0 amide bonds. The minimum atomic E-state index is 0.980. The molecule has 0 N–H and O–H groups in total. The van der Waals surface area contributed by atoms with Crippen molar-refractivity contribution < 1.29 is 0 Å². The summed E-state index contributed by atoms with van der Waals surface area (Å²) in [6.45, 7) is 8.65. The molecule has 0 aromatic heterocycles. The molecule has 0 spiro atoms. The van der Waals surface area contributed by atoms with Crippen molar-refractivity contribution in [3.63, 3.8) is 0 Å². The van der Waals surface area contributed by atoms with Crippen LogP contribution in [-0.2, 0) is 19.3 Å². The lowest BCUT2D eigenvalue weighted by Crippen LogP contribution is -2.02. The van der Waals surface area contributed by atoms with Crippen molar-refractivity contribution in [1.29, 1.82) is 0 Å². The topological polar surface area (TPSA) is 0 Å². The Labute approximate surface area is 170 Å². The van der Waals surface area contributed by atoms with Gasteiger partial charge < -0.3 is 0 Å². The van der Waals surface area contributed by atoms with Crippen molar-refractivity contribution in [3.05, 3.63) is 85.3 Å². The Bertz CT molecular complexity index is 817. The molecule has 3 rings (SSSR count). The third-order valence-corrected chi connectivity index (χ3v) is 6.94. The molecule has 1 aliphatic rings. The smallest absolute Gasteiger partial charge is 0.0162 e. The quantitative estimate of drug-likeness (QED) is 0.424. The number of benzene rings is 2. The average Bonchev–Trinajstić information content (AvgIpc) is 2.62. The molecule has 0 bridgehead atoms. The number of hydrogen-bond acceptors (Lipinski definition) is 1. The zero-order valence-corrected chi connectivity index (χ0v) is 18.0. The minimum Gasteiger partial charge on any atom is -0.0984 e. The van der Waals surface area contributed by atoms with Gasteiger partial charge >= 0.3 is 0 Å². The van der Waals surface area contributed by atoms with Crippen LogP contribution in [-0.4, -0.2) is 0 Å². The van der Waals surface area contributed by atoms with Gasteiger partial charge in [-0.2, -0.15) is 0 Å². The van der Waals surface area contributed by atoms with Gasteiger partial charge in [0.25, 0.3) is 0 Å². The molecule has 2 aromatic carbocycles. The molecule has 0 saturated carbocycles. The highest BCUT2D eigenvalue weighted by Crippen LogP contribution is 2.30. The Morgan fingerprint density at radius 2 is 1.84 bits per heavy atom. The zero-order chi connectivity index (χ0) is 17.8. The summed E-state index contributed by atoms with van der Waals surface area (Å²) in [5, 5.41) is 2.19. The van der Waals surface area contributed by atoms with Crippen LogP contribution in [0.1, 0.15) is 46.2 Å². The van der Waals surface area contributed by atoms with E-state index in [1.54, 1.807) is 11.8 Å². The highest BCUT2D eigenvalue weighted by atomic mass is 127. The second-order valence-corrected chi connectivity index (χ2v) is 9.00. The van der Waals surface area contributed by atoms with Crippen molar-refractivity contribution in [2.75, 3.05) is 0 Å². The van der Waals surface area contributed by atoms with Crippen LogP contribution in [0.3, 0.4) is 0 Å². The van der Waals surface area contributed by atoms with Crippen molar-refractivity contribution in [1.82, 2.24) is 0 Å². The van der Waals surface area contributed by atoms with Crippen molar-refractivity contribution >= 4 is 39.3 Å². The number of halogens is 1. The molecule has 0 fully saturated rings. The van der Waals surface area contributed by atoms with E-state index in [4.69, 9.17) is 0 Å². The maximum absolute atomic E-state index is 4.27. The molecule has 0 unspecified atom stereocenters. The van der Waals surface area contributed by atoms with E-state index < -0.39 is 0 Å². The fourth-order valence-electron chi connectivity index (χ4n) is 3.34. The summed E-state index contributed by atoms with van der Waals surface area (Å²) in [4.78, 5) is 1.14. The third-order valence-electron chi connectivity index (χ3n) is 4.93. The van der Waals surface area contributed by atoms with E-state index in [2.05, 4.69) is 84.8 Å². The van der Waals surface area contributed by atoms with E-state index in [1.807, 2.05) is 0 Å². The Balaban J connectivity index is 1.61. The summed E-state index contributed by atoms with van der Waals surface area (Å²) < 4.78 is 1.35. The Morgan fingerprint density at radius 1 is 1.08 bits per heavy atom. The molecule has 2 heteroatoms. The average molecular weight is 460 g/mol. The predicted molar refractivity (Wildman–Crippen MR) is 121 cm³/mol. The molecule has 25 heavy (non-hydrogen) atoms. The maximum atomic E-state index is 4.27. The van der Waals surface area contributed by atoms with Gasteiger partial charge in [-0.25, -0.2) is 0 Å². The molecule has 0 saturated heterocycles. The number of fused-ring (bicyclic) bond motifs is 1. The van der Waals surface area contributed by atoms with Crippen LogP contribution in [0.15, 0.2) is 48.4 Å². The SMILES string of the molecule is C=C(S/C=C/Cc1cc(C)c(I)cc1C)c1ccc2c(c1)CCCC2. The van der Waals surface area contributed by atoms with E-state index in [0.29, 0.717) is 0 Å². The molecule has 0 heterocycles. The predicted octanol–water partition coefficient (Wildman–Crippen LogP) is 7.25. The second-order valence-electron chi connectivity index (χ2n) is 6.84. The molecule has 0 radical (unpaired) electrons. The molecule has 2 aromatic rings. The van der Waals surface area contributed by atoms with Crippen LogP contribution >= 0.6 is 34.4 Å². The normalized spacial score (nSPS) is 13.9. The molecular weight excluding hydrogens is 435 g/mol. The summed E-state index contributed by atoms with van der Waals surface area (Å²) in [7, 11) is 0. The van der Waals surface area contributed by atoms with Gasteiger partial charge in [0.2, 0.25) is 0 Å². The number of allylic oxidation sites excluding steroid dienone is 1. The van der Waals surface area contributed by atoms with E-state index >= 15 is 0 Å². The van der Waals surface area contributed by atoms with Crippen molar-refractivity contribution in [3.8, 4) is 0 Å². The lowest BCUT2D eigenvalue weighted by Gasteiger charge is -2.16. The highest BCUT2D eigenvalue weighted by molar-refractivity contribution is 14.1. The fraction of sp³-hybridized carbons (Fsp3) is 0.304. The van der Waals surface area contributed by atoms with Crippen LogP contribution < -0.4 is 0 Å². The fourth-order valence-corrected chi connectivity index (χ4v) is 4.58. The first-order chi connectivity index (χ1) is 12.0. The number of rotatable bonds is 5. The van der Waals surface area contributed by atoms with Gasteiger partial charge in [0.1, 0.15) is 0 Å². The van der Waals surface area contributed by atoms with E-state index in [-0.39, 0.29) is 0 Å². The summed E-state index contributed by atoms with van der Waals surface area (Å²) >= 11 is 4.14. The van der Waals surface area contributed by atoms with Gasteiger partial charge in [0.05, 0.1) is 0 Å². The first-order valence-corrected chi connectivity index (χ1v) is 10.9. The molecule has 130 valence electrons. The van der Waals surface area contributed by atoms with Gasteiger partial charge in [-0.1, -0.05) is 48.7 Å². The van der Waals surface area contributed by atoms with Crippen LogP contribution in [0.4, 0.5) is 0 Å².